The number of carboxylic acids is 1. The molecule has 3 aromatic rings. The summed E-state index contributed by atoms with van der Waals surface area (Å²) in [5, 5.41) is 21.3. The van der Waals surface area contributed by atoms with Gasteiger partial charge in [-0.15, -0.1) is 0 Å². The van der Waals surface area contributed by atoms with E-state index in [1.165, 1.54) is 0 Å². The number of carbonyl (C=O) groups excluding carboxylic acids is 2. The van der Waals surface area contributed by atoms with Crippen molar-refractivity contribution in [2.24, 2.45) is 5.92 Å². The van der Waals surface area contributed by atoms with E-state index in [-0.39, 0.29) is 30.0 Å². The van der Waals surface area contributed by atoms with Crippen LogP contribution in [-0.2, 0) is 9.53 Å². The number of amides is 2. The molecule has 1 unspecified atom stereocenters. The molecule has 5 rings (SSSR count). The van der Waals surface area contributed by atoms with Crippen LogP contribution in [0.25, 0.3) is 11.1 Å². The number of nitrogens with one attached hydrogen (secondary N) is 2. The van der Waals surface area contributed by atoms with Gasteiger partial charge in [0.1, 0.15) is 12.6 Å². The van der Waals surface area contributed by atoms with Crippen LogP contribution in [0, 0.1) is 5.92 Å². The first-order chi connectivity index (χ1) is 16.5. The van der Waals surface area contributed by atoms with E-state index < -0.39 is 24.0 Å². The maximum Gasteiger partial charge on any atom is 0.412 e. The van der Waals surface area contributed by atoms with E-state index in [0.717, 1.165) is 41.5 Å². The summed E-state index contributed by atoms with van der Waals surface area (Å²) >= 11 is 0. The fraction of sp³-hybridized carbons (Fsp3) is 0.292. The molecule has 10 nitrogen and oxygen atoms in total. The number of ether oxygens (including phenoxy) is 1. The number of carboxylic acid groups (broad SMARTS) is 1. The zero-order valence-electron chi connectivity index (χ0n) is 18.1. The van der Waals surface area contributed by atoms with Crippen molar-refractivity contribution in [2.75, 3.05) is 11.9 Å². The fourth-order valence-corrected chi connectivity index (χ4v) is 4.51. The molecule has 1 atom stereocenters. The highest BCUT2D eigenvalue weighted by Gasteiger charge is 2.35. The lowest BCUT2D eigenvalue weighted by molar-refractivity contribution is -0.141. The molecule has 0 aliphatic heterocycles. The molecule has 3 N–H and O–H groups in total. The number of nitrogens with zero attached hydrogens (tertiary/aromatic N) is 2. The van der Waals surface area contributed by atoms with E-state index in [4.69, 9.17) is 4.74 Å². The van der Waals surface area contributed by atoms with Gasteiger partial charge < -0.3 is 15.2 Å². The van der Waals surface area contributed by atoms with Crippen LogP contribution in [0.15, 0.2) is 53.2 Å². The van der Waals surface area contributed by atoms with Gasteiger partial charge in [0.05, 0.1) is 0 Å². The standard InChI is InChI=1S/C24H22N4O6/c29-22(25-19(23(30)31)13-6-5-7-13)20-21(28-34-27-20)26-24(32)33-12-18-16-10-3-1-8-14(16)15-9-2-4-11-17(15)18/h1-4,8-11,13,18-19H,5-7,12H2,(H,25,29)(H,30,31)(H,26,28,32). The number of aromatic nitrogens is 2. The Kier molecular flexibility index (Phi) is 5.70. The lowest BCUT2D eigenvalue weighted by Gasteiger charge is -2.31. The molecule has 0 saturated heterocycles. The van der Waals surface area contributed by atoms with Gasteiger partial charge in [0.15, 0.2) is 0 Å². The summed E-state index contributed by atoms with van der Waals surface area (Å²) < 4.78 is 10.0. The number of fused-ring (bicyclic) bond motifs is 3. The predicted molar refractivity (Wildman–Crippen MR) is 119 cm³/mol. The number of hydrogen-bond acceptors (Lipinski definition) is 7. The van der Waals surface area contributed by atoms with Crippen molar-refractivity contribution >= 4 is 23.8 Å². The molecule has 2 aromatic carbocycles. The van der Waals surface area contributed by atoms with Gasteiger partial charge in [-0.3, -0.25) is 10.1 Å². The first-order valence-electron chi connectivity index (χ1n) is 11.0. The average Bonchev–Trinajstić information content (AvgIpc) is 3.38. The van der Waals surface area contributed by atoms with Crippen LogP contribution in [0.5, 0.6) is 0 Å². The van der Waals surface area contributed by atoms with E-state index in [1.807, 2.05) is 48.5 Å². The van der Waals surface area contributed by atoms with E-state index >= 15 is 0 Å². The highest BCUT2D eigenvalue weighted by atomic mass is 16.6. The molecular weight excluding hydrogens is 440 g/mol. The van der Waals surface area contributed by atoms with Crippen molar-refractivity contribution in [1.82, 2.24) is 15.6 Å². The Labute approximate surface area is 194 Å². The molecule has 2 amide bonds. The van der Waals surface area contributed by atoms with Crippen LogP contribution in [0.2, 0.25) is 0 Å². The van der Waals surface area contributed by atoms with Crippen LogP contribution in [0.1, 0.15) is 46.8 Å². The molecule has 174 valence electrons. The topological polar surface area (TPSA) is 144 Å². The minimum absolute atomic E-state index is 0.0788. The normalized spacial score (nSPS) is 15.5. The van der Waals surface area contributed by atoms with E-state index in [9.17, 15) is 19.5 Å². The third kappa shape index (κ3) is 3.98. The van der Waals surface area contributed by atoms with Crippen LogP contribution < -0.4 is 10.6 Å². The van der Waals surface area contributed by atoms with Crippen molar-refractivity contribution in [1.29, 1.82) is 0 Å². The average molecular weight is 462 g/mol. The lowest BCUT2D eigenvalue weighted by atomic mass is 9.79. The summed E-state index contributed by atoms with van der Waals surface area (Å²) in [6.45, 7) is 0.0788. The van der Waals surface area contributed by atoms with Gasteiger partial charge in [-0.05, 0) is 51.3 Å². The summed E-state index contributed by atoms with van der Waals surface area (Å²) in [6, 6.07) is 14.9. The SMILES string of the molecule is O=C(Nc1nonc1C(=O)NC(C(=O)O)C1CCC1)OCC1c2ccccc2-c2ccccc21. The second-order valence-electron chi connectivity index (χ2n) is 8.39. The fourth-order valence-electron chi connectivity index (χ4n) is 4.51. The van der Waals surface area contributed by atoms with Crippen LogP contribution >= 0.6 is 0 Å². The molecular formula is C24H22N4O6. The van der Waals surface area contributed by atoms with Gasteiger partial charge in [-0.1, -0.05) is 55.0 Å². The maximum atomic E-state index is 12.6. The number of anilines is 1. The summed E-state index contributed by atoms with van der Waals surface area (Å²) in [5.74, 6) is -2.43. The third-order valence-corrected chi connectivity index (χ3v) is 6.44. The Morgan fingerprint density at radius 3 is 2.26 bits per heavy atom. The lowest BCUT2D eigenvalue weighted by Crippen LogP contribution is -2.48. The molecule has 1 saturated carbocycles. The Morgan fingerprint density at radius 2 is 1.68 bits per heavy atom. The van der Waals surface area contributed by atoms with Gasteiger partial charge >= 0.3 is 12.1 Å². The van der Waals surface area contributed by atoms with Crippen molar-refractivity contribution in [3.8, 4) is 11.1 Å². The Hall–Kier alpha value is -4.21. The number of benzene rings is 2. The van der Waals surface area contributed by atoms with Crippen LogP contribution in [0.4, 0.5) is 10.6 Å². The Bertz CT molecular complexity index is 1210. The van der Waals surface area contributed by atoms with Crippen molar-refractivity contribution in [2.45, 2.75) is 31.2 Å². The van der Waals surface area contributed by atoms with Gasteiger partial charge in [0, 0.05) is 5.92 Å². The molecule has 34 heavy (non-hydrogen) atoms. The van der Waals surface area contributed by atoms with Crippen LogP contribution in [0.3, 0.4) is 0 Å². The second-order valence-corrected chi connectivity index (χ2v) is 8.39. The maximum absolute atomic E-state index is 12.6. The quantitative estimate of drug-likeness (QED) is 0.485. The second kappa shape index (κ2) is 8.97. The smallest absolute Gasteiger partial charge is 0.412 e. The molecule has 1 fully saturated rings. The molecule has 10 heteroatoms. The molecule has 2 aliphatic carbocycles. The largest absolute Gasteiger partial charge is 0.480 e. The zero-order valence-corrected chi connectivity index (χ0v) is 18.1. The molecule has 1 aromatic heterocycles. The van der Waals surface area contributed by atoms with E-state index in [1.54, 1.807) is 0 Å². The van der Waals surface area contributed by atoms with E-state index in [0.29, 0.717) is 0 Å². The predicted octanol–water partition coefficient (Wildman–Crippen LogP) is 3.41. The molecule has 1 heterocycles. The number of carbonyl (C=O) groups is 3. The number of hydrogen-bond donors (Lipinski definition) is 3. The van der Waals surface area contributed by atoms with Gasteiger partial charge in [0.2, 0.25) is 11.5 Å². The number of aliphatic carboxylic acids is 1. The molecule has 0 bridgehead atoms. The molecule has 0 radical (unpaired) electrons. The van der Waals surface area contributed by atoms with Crippen molar-refractivity contribution < 1.29 is 28.9 Å². The monoisotopic (exact) mass is 462 g/mol. The van der Waals surface area contributed by atoms with Gasteiger partial charge in [-0.2, -0.15) is 0 Å². The molecule has 2 aliphatic rings. The van der Waals surface area contributed by atoms with Crippen molar-refractivity contribution in [3.63, 3.8) is 0 Å². The minimum atomic E-state index is -1.12. The summed E-state index contributed by atoms with van der Waals surface area (Å²) in [4.78, 5) is 36.6. The summed E-state index contributed by atoms with van der Waals surface area (Å²) in [7, 11) is 0. The Morgan fingerprint density at radius 1 is 1.03 bits per heavy atom. The highest BCUT2D eigenvalue weighted by Crippen LogP contribution is 2.44. The third-order valence-electron chi connectivity index (χ3n) is 6.44. The first kappa shape index (κ1) is 21.6. The van der Waals surface area contributed by atoms with Gasteiger partial charge in [-0.25, -0.2) is 14.2 Å². The summed E-state index contributed by atoms with van der Waals surface area (Å²) in [5.41, 5.74) is 4.02. The summed E-state index contributed by atoms with van der Waals surface area (Å²) in [6.07, 6.45) is 1.53. The van der Waals surface area contributed by atoms with Crippen molar-refractivity contribution in [3.05, 3.63) is 65.4 Å². The number of rotatable bonds is 7. The zero-order chi connectivity index (χ0) is 23.7. The van der Waals surface area contributed by atoms with Gasteiger partial charge in [0.25, 0.3) is 5.91 Å². The molecule has 0 spiro atoms. The Balaban J connectivity index is 1.24. The highest BCUT2D eigenvalue weighted by molar-refractivity contribution is 6.01. The van der Waals surface area contributed by atoms with E-state index in [2.05, 4.69) is 25.6 Å². The minimum Gasteiger partial charge on any atom is -0.480 e. The van der Waals surface area contributed by atoms with Crippen LogP contribution in [-0.4, -0.2) is 46.0 Å². The first-order valence-corrected chi connectivity index (χ1v) is 11.0.